The van der Waals surface area contributed by atoms with Crippen molar-refractivity contribution in [2.24, 2.45) is 0 Å². The first-order valence-electron chi connectivity index (χ1n) is 8.90. The Morgan fingerprint density at radius 3 is 2.92 bits per heavy atom. The zero-order valence-electron chi connectivity index (χ0n) is 14.3. The highest BCUT2D eigenvalue weighted by Gasteiger charge is 2.26. The van der Waals surface area contributed by atoms with Crippen LogP contribution in [-0.2, 0) is 0 Å². The number of rotatable bonds is 2. The highest BCUT2D eigenvalue weighted by molar-refractivity contribution is 5.85. The minimum absolute atomic E-state index is 0.334. The number of fused-ring (bicyclic) bond motifs is 2. The van der Waals surface area contributed by atoms with Gasteiger partial charge < -0.3 is 19.8 Å². The molecule has 0 aliphatic carbocycles. The van der Waals surface area contributed by atoms with E-state index in [9.17, 15) is 0 Å². The summed E-state index contributed by atoms with van der Waals surface area (Å²) in [6, 6.07) is 6.85. The van der Waals surface area contributed by atoms with E-state index in [2.05, 4.69) is 40.4 Å². The molecule has 5 nitrogen and oxygen atoms in total. The SMILES string of the molecule is Cc1c[nH]c2ncc(-c3cc4c(c(C5CCCN5)c3)OCCO4)cc12. The molecule has 0 bridgehead atoms. The van der Waals surface area contributed by atoms with Gasteiger partial charge in [-0.05, 0) is 55.6 Å². The second-order valence-corrected chi connectivity index (χ2v) is 6.83. The van der Waals surface area contributed by atoms with Gasteiger partial charge in [0.25, 0.3) is 0 Å². The van der Waals surface area contributed by atoms with Gasteiger partial charge in [-0.25, -0.2) is 4.98 Å². The van der Waals surface area contributed by atoms with Crippen molar-refractivity contribution in [1.82, 2.24) is 15.3 Å². The minimum atomic E-state index is 0.334. The molecule has 2 N–H and O–H groups in total. The molecule has 3 aromatic rings. The third kappa shape index (κ3) is 2.46. The Balaban J connectivity index is 1.66. The Hall–Kier alpha value is -2.53. The average molecular weight is 335 g/mol. The van der Waals surface area contributed by atoms with Crippen LogP contribution in [0.5, 0.6) is 11.5 Å². The highest BCUT2D eigenvalue weighted by Crippen LogP contribution is 2.43. The average Bonchev–Trinajstić information content (AvgIpc) is 3.31. The lowest BCUT2D eigenvalue weighted by Gasteiger charge is -2.25. The molecule has 128 valence electrons. The Morgan fingerprint density at radius 1 is 1.12 bits per heavy atom. The van der Waals surface area contributed by atoms with E-state index in [1.165, 1.54) is 17.5 Å². The van der Waals surface area contributed by atoms with Crippen LogP contribution in [0.4, 0.5) is 0 Å². The smallest absolute Gasteiger partial charge is 0.166 e. The minimum Gasteiger partial charge on any atom is -0.486 e. The first kappa shape index (κ1) is 14.8. The van der Waals surface area contributed by atoms with Gasteiger partial charge in [0, 0.05) is 34.9 Å². The van der Waals surface area contributed by atoms with Crippen LogP contribution in [0.2, 0.25) is 0 Å². The molecular formula is C20H21N3O2. The van der Waals surface area contributed by atoms with Crippen molar-refractivity contribution in [2.45, 2.75) is 25.8 Å². The summed E-state index contributed by atoms with van der Waals surface area (Å²) in [7, 11) is 0. The Kier molecular flexibility index (Phi) is 3.41. The van der Waals surface area contributed by atoms with Gasteiger partial charge in [0.15, 0.2) is 11.5 Å². The number of nitrogens with one attached hydrogen (secondary N) is 2. The number of benzene rings is 1. The van der Waals surface area contributed by atoms with E-state index in [0.717, 1.165) is 46.6 Å². The van der Waals surface area contributed by atoms with Crippen LogP contribution in [-0.4, -0.2) is 29.7 Å². The van der Waals surface area contributed by atoms with E-state index in [1.54, 1.807) is 0 Å². The summed E-state index contributed by atoms with van der Waals surface area (Å²) in [4.78, 5) is 7.78. The van der Waals surface area contributed by atoms with Gasteiger partial charge in [0.05, 0.1) is 0 Å². The van der Waals surface area contributed by atoms with Crippen molar-refractivity contribution in [3.05, 3.63) is 41.7 Å². The van der Waals surface area contributed by atoms with Crippen LogP contribution in [0.15, 0.2) is 30.6 Å². The summed E-state index contributed by atoms with van der Waals surface area (Å²) in [5.74, 6) is 1.75. The molecule has 25 heavy (non-hydrogen) atoms. The van der Waals surface area contributed by atoms with Crippen molar-refractivity contribution < 1.29 is 9.47 Å². The van der Waals surface area contributed by atoms with Crippen LogP contribution in [0.25, 0.3) is 22.2 Å². The van der Waals surface area contributed by atoms with E-state index in [-0.39, 0.29) is 0 Å². The van der Waals surface area contributed by atoms with Crippen LogP contribution in [0.1, 0.15) is 30.0 Å². The van der Waals surface area contributed by atoms with Crippen molar-refractivity contribution in [2.75, 3.05) is 19.8 Å². The third-order valence-corrected chi connectivity index (χ3v) is 5.18. The lowest BCUT2D eigenvalue weighted by atomic mass is 9.97. The number of H-pyrrole nitrogens is 1. The van der Waals surface area contributed by atoms with Gasteiger partial charge in [-0.3, -0.25) is 0 Å². The molecule has 0 spiro atoms. The standard InChI is InChI=1S/C20H21N3O2/c1-12-10-22-20-15(12)8-14(11-23-20)13-7-16(17-3-2-4-21-17)19-18(9-13)24-5-6-25-19/h7-11,17,21H,2-6H2,1H3,(H,22,23). The molecule has 2 aliphatic rings. The second kappa shape index (κ2) is 5.77. The Morgan fingerprint density at radius 2 is 2.04 bits per heavy atom. The van der Waals surface area contributed by atoms with Crippen molar-refractivity contribution in [3.8, 4) is 22.6 Å². The van der Waals surface area contributed by atoms with Gasteiger partial charge in [-0.15, -0.1) is 0 Å². The Bertz CT molecular complexity index is 942. The Labute approximate surface area is 146 Å². The molecule has 4 heterocycles. The molecule has 0 radical (unpaired) electrons. The van der Waals surface area contributed by atoms with E-state index in [0.29, 0.717) is 19.3 Å². The quantitative estimate of drug-likeness (QED) is 0.749. The van der Waals surface area contributed by atoms with Gasteiger partial charge in [-0.1, -0.05) is 0 Å². The maximum Gasteiger partial charge on any atom is 0.166 e. The number of aryl methyl sites for hydroxylation is 1. The summed E-state index contributed by atoms with van der Waals surface area (Å²) in [5, 5.41) is 4.74. The lowest BCUT2D eigenvalue weighted by Crippen LogP contribution is -2.20. The summed E-state index contributed by atoms with van der Waals surface area (Å²) in [6.45, 7) is 4.37. The normalized spacial score (nSPS) is 19.5. The summed E-state index contributed by atoms with van der Waals surface area (Å²) >= 11 is 0. The van der Waals surface area contributed by atoms with Crippen molar-refractivity contribution >= 4 is 11.0 Å². The lowest BCUT2D eigenvalue weighted by molar-refractivity contribution is 0.169. The molecule has 5 heteroatoms. The second-order valence-electron chi connectivity index (χ2n) is 6.83. The van der Waals surface area contributed by atoms with E-state index < -0.39 is 0 Å². The number of hydrogen-bond acceptors (Lipinski definition) is 4. The van der Waals surface area contributed by atoms with Gasteiger partial charge in [0.1, 0.15) is 18.9 Å². The zero-order chi connectivity index (χ0) is 16.8. The summed E-state index contributed by atoms with van der Waals surface area (Å²) in [6.07, 6.45) is 6.25. The fourth-order valence-electron chi connectivity index (χ4n) is 3.85. The third-order valence-electron chi connectivity index (χ3n) is 5.18. The number of aromatic nitrogens is 2. The number of pyridine rings is 1. The fraction of sp³-hybridized carbons (Fsp3) is 0.350. The molecule has 1 aromatic carbocycles. The highest BCUT2D eigenvalue weighted by atomic mass is 16.6. The molecular weight excluding hydrogens is 314 g/mol. The van der Waals surface area contributed by atoms with E-state index in [4.69, 9.17) is 9.47 Å². The predicted octanol–water partition coefficient (Wildman–Crippen LogP) is 3.73. The topological polar surface area (TPSA) is 59.2 Å². The summed E-state index contributed by atoms with van der Waals surface area (Å²) < 4.78 is 11.9. The molecule has 2 aliphatic heterocycles. The van der Waals surface area contributed by atoms with Gasteiger partial charge >= 0.3 is 0 Å². The maximum atomic E-state index is 5.95. The van der Waals surface area contributed by atoms with Crippen LogP contribution in [0, 0.1) is 6.92 Å². The zero-order valence-corrected chi connectivity index (χ0v) is 14.3. The number of aromatic amines is 1. The van der Waals surface area contributed by atoms with Crippen LogP contribution >= 0.6 is 0 Å². The van der Waals surface area contributed by atoms with Gasteiger partial charge in [0.2, 0.25) is 0 Å². The molecule has 1 saturated heterocycles. The number of hydrogen-bond donors (Lipinski definition) is 2. The molecule has 1 fully saturated rings. The number of nitrogens with zero attached hydrogens (tertiary/aromatic N) is 1. The van der Waals surface area contributed by atoms with Crippen molar-refractivity contribution in [1.29, 1.82) is 0 Å². The molecule has 1 atom stereocenters. The van der Waals surface area contributed by atoms with Crippen LogP contribution in [0.3, 0.4) is 0 Å². The van der Waals surface area contributed by atoms with Crippen LogP contribution < -0.4 is 14.8 Å². The molecule has 1 unspecified atom stereocenters. The molecule has 2 aromatic heterocycles. The first-order valence-corrected chi connectivity index (χ1v) is 8.90. The predicted molar refractivity (Wildman–Crippen MR) is 97.2 cm³/mol. The van der Waals surface area contributed by atoms with Crippen molar-refractivity contribution in [3.63, 3.8) is 0 Å². The van der Waals surface area contributed by atoms with Gasteiger partial charge in [-0.2, -0.15) is 0 Å². The monoisotopic (exact) mass is 335 g/mol. The molecule has 0 saturated carbocycles. The van der Waals surface area contributed by atoms with E-state index in [1.807, 2.05) is 12.4 Å². The van der Waals surface area contributed by atoms with E-state index >= 15 is 0 Å². The number of ether oxygens (including phenoxy) is 2. The molecule has 5 rings (SSSR count). The first-order chi connectivity index (χ1) is 12.3. The maximum absolute atomic E-state index is 5.95. The fourth-order valence-corrected chi connectivity index (χ4v) is 3.85. The summed E-state index contributed by atoms with van der Waals surface area (Å²) in [5.41, 5.74) is 5.57. The largest absolute Gasteiger partial charge is 0.486 e. The molecule has 0 amide bonds.